The van der Waals surface area contributed by atoms with E-state index in [0.29, 0.717) is 22.9 Å². The van der Waals surface area contributed by atoms with E-state index in [1.165, 1.54) is 6.33 Å². The van der Waals surface area contributed by atoms with Crippen LogP contribution in [0.4, 0.5) is 17.3 Å². The van der Waals surface area contributed by atoms with Crippen molar-refractivity contribution in [3.63, 3.8) is 0 Å². The molecule has 0 fully saturated rings. The van der Waals surface area contributed by atoms with E-state index < -0.39 is 0 Å². The Morgan fingerprint density at radius 2 is 1.82 bits per heavy atom. The standard InChI is InChI=1S/C13H16BrN7O/c1-21(2)20-12-10(15)11(16-7-17-12)18-19-13(22)8-3-5-9(14)6-4-8/h3-7H,15H2,1-2H3,(H,19,22)(H2,16,17,18,20). The third kappa shape index (κ3) is 4.06. The SMILES string of the molecule is CN(C)Nc1ncnc(NNC(=O)c2ccc(Br)cc2)c1N. The molecule has 0 bridgehead atoms. The second kappa shape index (κ2) is 7.05. The van der Waals surface area contributed by atoms with Gasteiger partial charge in [-0.3, -0.25) is 15.6 Å². The number of carbonyl (C=O) groups is 1. The number of carbonyl (C=O) groups excluding carboxylic acids is 1. The number of hydrogen-bond acceptors (Lipinski definition) is 7. The van der Waals surface area contributed by atoms with Crippen molar-refractivity contribution in [3.8, 4) is 0 Å². The van der Waals surface area contributed by atoms with E-state index in [1.54, 1.807) is 29.3 Å². The molecular formula is C13H16BrN7O. The molecular weight excluding hydrogens is 350 g/mol. The maximum Gasteiger partial charge on any atom is 0.269 e. The van der Waals surface area contributed by atoms with Gasteiger partial charge in [-0.1, -0.05) is 15.9 Å². The zero-order chi connectivity index (χ0) is 16.1. The van der Waals surface area contributed by atoms with E-state index in [4.69, 9.17) is 5.73 Å². The van der Waals surface area contributed by atoms with Crippen LogP contribution < -0.4 is 22.0 Å². The van der Waals surface area contributed by atoms with Crippen molar-refractivity contribution < 1.29 is 4.79 Å². The molecule has 5 N–H and O–H groups in total. The van der Waals surface area contributed by atoms with Crippen LogP contribution in [0.3, 0.4) is 0 Å². The highest BCUT2D eigenvalue weighted by Crippen LogP contribution is 2.21. The molecule has 1 aromatic carbocycles. The molecule has 0 aliphatic heterocycles. The highest BCUT2D eigenvalue weighted by atomic mass is 79.9. The van der Waals surface area contributed by atoms with Gasteiger partial charge in [-0.2, -0.15) is 0 Å². The molecule has 0 spiro atoms. The summed E-state index contributed by atoms with van der Waals surface area (Å²) in [4.78, 5) is 20.0. The van der Waals surface area contributed by atoms with Gasteiger partial charge < -0.3 is 11.2 Å². The lowest BCUT2D eigenvalue weighted by atomic mass is 10.2. The molecule has 0 saturated heterocycles. The normalized spacial score (nSPS) is 10.4. The molecule has 0 atom stereocenters. The number of hydrazine groups is 2. The average molecular weight is 366 g/mol. The van der Waals surface area contributed by atoms with Crippen molar-refractivity contribution in [3.05, 3.63) is 40.6 Å². The minimum Gasteiger partial charge on any atom is -0.393 e. The minimum absolute atomic E-state index is 0.298. The first kappa shape index (κ1) is 16.0. The fourth-order valence-corrected chi connectivity index (χ4v) is 1.85. The number of anilines is 3. The molecule has 9 heteroatoms. The molecule has 1 aromatic heterocycles. The highest BCUT2D eigenvalue weighted by Gasteiger charge is 2.10. The van der Waals surface area contributed by atoms with Crippen molar-refractivity contribution in [1.82, 2.24) is 20.4 Å². The molecule has 116 valence electrons. The molecule has 2 aromatic rings. The summed E-state index contributed by atoms with van der Waals surface area (Å²) in [5.41, 5.74) is 14.9. The van der Waals surface area contributed by atoms with Crippen molar-refractivity contribution >= 4 is 39.2 Å². The maximum atomic E-state index is 12.0. The van der Waals surface area contributed by atoms with Gasteiger partial charge in [0.15, 0.2) is 11.6 Å². The summed E-state index contributed by atoms with van der Waals surface area (Å²) in [5, 5.41) is 1.70. The molecule has 2 rings (SSSR count). The van der Waals surface area contributed by atoms with Gasteiger partial charge in [0.1, 0.15) is 12.0 Å². The van der Waals surface area contributed by atoms with Gasteiger partial charge in [0.25, 0.3) is 5.91 Å². The molecule has 22 heavy (non-hydrogen) atoms. The smallest absolute Gasteiger partial charge is 0.269 e. The first-order chi connectivity index (χ1) is 10.5. The van der Waals surface area contributed by atoms with Crippen LogP contribution in [0.15, 0.2) is 35.1 Å². The van der Waals surface area contributed by atoms with Crippen LogP contribution in [0.25, 0.3) is 0 Å². The number of amides is 1. The van der Waals surface area contributed by atoms with Crippen molar-refractivity contribution in [2.45, 2.75) is 0 Å². The topological polar surface area (TPSA) is 108 Å². The Morgan fingerprint density at radius 1 is 1.18 bits per heavy atom. The summed E-state index contributed by atoms with van der Waals surface area (Å²) >= 11 is 3.32. The number of nitrogens with one attached hydrogen (secondary N) is 3. The van der Waals surface area contributed by atoms with E-state index in [2.05, 4.69) is 42.2 Å². The number of halogens is 1. The van der Waals surface area contributed by atoms with Crippen LogP contribution in [-0.2, 0) is 0 Å². The molecule has 1 amide bonds. The number of nitrogen functional groups attached to an aromatic ring is 1. The largest absolute Gasteiger partial charge is 0.393 e. The number of hydrogen-bond donors (Lipinski definition) is 4. The Bertz CT molecular complexity index is 660. The highest BCUT2D eigenvalue weighted by molar-refractivity contribution is 9.10. The van der Waals surface area contributed by atoms with E-state index in [1.807, 2.05) is 14.1 Å². The van der Waals surface area contributed by atoms with Crippen molar-refractivity contribution in [2.24, 2.45) is 0 Å². The van der Waals surface area contributed by atoms with Gasteiger partial charge in [0.2, 0.25) is 0 Å². The van der Waals surface area contributed by atoms with Gasteiger partial charge in [0.05, 0.1) is 0 Å². The van der Waals surface area contributed by atoms with Crippen LogP contribution in [-0.4, -0.2) is 35.0 Å². The third-order valence-electron chi connectivity index (χ3n) is 2.61. The summed E-state index contributed by atoms with van der Waals surface area (Å²) < 4.78 is 0.899. The zero-order valence-electron chi connectivity index (χ0n) is 12.1. The van der Waals surface area contributed by atoms with E-state index in [-0.39, 0.29) is 5.91 Å². The molecule has 8 nitrogen and oxygen atoms in total. The van der Waals surface area contributed by atoms with Crippen LogP contribution in [0.5, 0.6) is 0 Å². The lowest BCUT2D eigenvalue weighted by Crippen LogP contribution is -2.30. The predicted molar refractivity (Wildman–Crippen MR) is 89.0 cm³/mol. The summed E-state index contributed by atoms with van der Waals surface area (Å²) in [6.45, 7) is 0. The zero-order valence-corrected chi connectivity index (χ0v) is 13.7. The number of aromatic nitrogens is 2. The summed E-state index contributed by atoms with van der Waals surface area (Å²) in [7, 11) is 3.62. The fourth-order valence-electron chi connectivity index (χ4n) is 1.59. The third-order valence-corrected chi connectivity index (χ3v) is 3.14. The molecule has 0 unspecified atom stereocenters. The molecule has 0 aliphatic carbocycles. The number of rotatable bonds is 5. The molecule has 1 heterocycles. The van der Waals surface area contributed by atoms with Gasteiger partial charge in [-0.25, -0.2) is 15.0 Å². The van der Waals surface area contributed by atoms with Crippen LogP contribution in [0.1, 0.15) is 10.4 Å². The van der Waals surface area contributed by atoms with Crippen LogP contribution in [0.2, 0.25) is 0 Å². The van der Waals surface area contributed by atoms with Crippen LogP contribution >= 0.6 is 15.9 Å². The maximum absolute atomic E-state index is 12.0. The van der Waals surface area contributed by atoms with E-state index in [9.17, 15) is 4.79 Å². The fraction of sp³-hybridized carbons (Fsp3) is 0.154. The predicted octanol–water partition coefficient (Wildman–Crippen LogP) is 1.47. The molecule has 0 saturated carbocycles. The number of nitrogens with two attached hydrogens (primary N) is 1. The first-order valence-electron chi connectivity index (χ1n) is 6.33. The summed E-state index contributed by atoms with van der Waals surface area (Å²) in [6, 6.07) is 6.97. The molecule has 0 radical (unpaired) electrons. The Balaban J connectivity index is 2.05. The quantitative estimate of drug-likeness (QED) is 0.594. The summed E-state index contributed by atoms with van der Waals surface area (Å²) in [6.07, 6.45) is 1.34. The van der Waals surface area contributed by atoms with Gasteiger partial charge in [0, 0.05) is 24.1 Å². The van der Waals surface area contributed by atoms with Crippen LogP contribution in [0, 0.1) is 0 Å². The second-order valence-corrected chi connectivity index (χ2v) is 5.49. The van der Waals surface area contributed by atoms with Crippen molar-refractivity contribution in [2.75, 3.05) is 30.7 Å². The van der Waals surface area contributed by atoms with Gasteiger partial charge in [-0.15, -0.1) is 0 Å². The second-order valence-electron chi connectivity index (χ2n) is 4.58. The van der Waals surface area contributed by atoms with Gasteiger partial charge in [-0.05, 0) is 24.3 Å². The van der Waals surface area contributed by atoms with Gasteiger partial charge >= 0.3 is 0 Å². The minimum atomic E-state index is -0.298. The lowest BCUT2D eigenvalue weighted by Gasteiger charge is -2.16. The van der Waals surface area contributed by atoms with E-state index >= 15 is 0 Å². The average Bonchev–Trinajstić information content (AvgIpc) is 2.48. The lowest BCUT2D eigenvalue weighted by molar-refractivity contribution is 0.0962. The van der Waals surface area contributed by atoms with E-state index in [0.717, 1.165) is 4.47 Å². The Labute approximate surface area is 136 Å². The number of benzene rings is 1. The first-order valence-corrected chi connectivity index (χ1v) is 7.13. The van der Waals surface area contributed by atoms with Crippen molar-refractivity contribution in [1.29, 1.82) is 0 Å². The Morgan fingerprint density at radius 3 is 2.45 bits per heavy atom. The Hall–Kier alpha value is -2.39. The number of nitrogens with zero attached hydrogens (tertiary/aromatic N) is 3. The summed E-state index contributed by atoms with van der Waals surface area (Å²) in [5.74, 6) is 0.456. The molecule has 0 aliphatic rings. The Kier molecular flexibility index (Phi) is 5.12. The monoisotopic (exact) mass is 365 g/mol.